The summed E-state index contributed by atoms with van der Waals surface area (Å²) >= 11 is 0. The number of fused-ring (bicyclic) bond motifs is 1. The molecule has 0 amide bonds. The van der Waals surface area contributed by atoms with Crippen LogP contribution < -0.4 is 5.32 Å². The lowest BCUT2D eigenvalue weighted by atomic mass is 10.2. The van der Waals surface area contributed by atoms with Gasteiger partial charge in [0.15, 0.2) is 0 Å². The molecule has 0 radical (unpaired) electrons. The molecular formula is C13H15N3. The fraction of sp³-hybridized carbons (Fsp3) is 0.385. The van der Waals surface area contributed by atoms with E-state index in [9.17, 15) is 0 Å². The van der Waals surface area contributed by atoms with E-state index in [1.807, 2.05) is 31.2 Å². The number of nitrogens with zero attached hydrogens (tertiary/aromatic N) is 2. The highest BCUT2D eigenvalue weighted by molar-refractivity contribution is 5.76. The number of para-hydroxylation sites is 2. The van der Waals surface area contributed by atoms with Crippen LogP contribution in [0.2, 0.25) is 0 Å². The van der Waals surface area contributed by atoms with Gasteiger partial charge in [0.2, 0.25) is 0 Å². The molecular weight excluding hydrogens is 198 g/mol. The summed E-state index contributed by atoms with van der Waals surface area (Å²) in [5, 5.41) is 3.48. The molecule has 3 nitrogen and oxygen atoms in total. The van der Waals surface area contributed by atoms with Gasteiger partial charge in [-0.25, -0.2) is 9.97 Å². The molecule has 1 heterocycles. The lowest BCUT2D eigenvalue weighted by molar-refractivity contribution is 0.817. The summed E-state index contributed by atoms with van der Waals surface area (Å²) in [6, 6.07) is 7.99. The van der Waals surface area contributed by atoms with Crippen LogP contribution in [0.1, 0.15) is 25.5 Å². The predicted octanol–water partition coefficient (Wildman–Crippen LogP) is 2.90. The van der Waals surface area contributed by atoms with Crippen LogP contribution in [-0.4, -0.2) is 15.5 Å². The van der Waals surface area contributed by atoms with Crippen molar-refractivity contribution in [1.82, 2.24) is 9.97 Å². The minimum absolute atomic E-state index is 0.252. The first-order chi connectivity index (χ1) is 7.66. The second-order valence-corrected chi connectivity index (χ2v) is 4.83. The van der Waals surface area contributed by atoms with Crippen molar-refractivity contribution in [1.29, 1.82) is 0 Å². The third-order valence-corrected chi connectivity index (χ3v) is 3.17. The van der Waals surface area contributed by atoms with Crippen LogP contribution in [0.3, 0.4) is 0 Å². The van der Waals surface area contributed by atoms with Crippen LogP contribution >= 0.6 is 0 Å². The van der Waals surface area contributed by atoms with Crippen molar-refractivity contribution in [2.24, 2.45) is 0 Å². The minimum atomic E-state index is 0.252. The molecule has 1 aliphatic carbocycles. The molecule has 0 atom stereocenters. The highest BCUT2D eigenvalue weighted by atomic mass is 15.1. The van der Waals surface area contributed by atoms with E-state index >= 15 is 0 Å². The van der Waals surface area contributed by atoms with Crippen molar-refractivity contribution in [2.45, 2.75) is 32.2 Å². The van der Waals surface area contributed by atoms with E-state index in [-0.39, 0.29) is 5.54 Å². The Morgan fingerprint density at radius 2 is 1.75 bits per heavy atom. The second-order valence-electron chi connectivity index (χ2n) is 4.83. The van der Waals surface area contributed by atoms with Crippen molar-refractivity contribution in [2.75, 3.05) is 5.32 Å². The smallest absolute Gasteiger partial charge is 0.148 e. The van der Waals surface area contributed by atoms with Crippen molar-refractivity contribution >= 4 is 16.9 Å². The number of nitrogens with one attached hydrogen (secondary N) is 1. The molecule has 1 saturated carbocycles. The van der Waals surface area contributed by atoms with Gasteiger partial charge in [-0.2, -0.15) is 0 Å². The van der Waals surface area contributed by atoms with E-state index in [0.29, 0.717) is 0 Å². The maximum Gasteiger partial charge on any atom is 0.148 e. The first kappa shape index (κ1) is 9.58. The Balaban J connectivity index is 2.07. The number of benzene rings is 1. The number of hydrogen-bond donors (Lipinski definition) is 1. The van der Waals surface area contributed by atoms with Gasteiger partial charge in [0.1, 0.15) is 5.82 Å². The molecule has 1 aromatic heterocycles. The summed E-state index contributed by atoms with van der Waals surface area (Å²) in [7, 11) is 0. The Hall–Kier alpha value is -1.64. The van der Waals surface area contributed by atoms with E-state index in [4.69, 9.17) is 0 Å². The highest BCUT2D eigenvalue weighted by Crippen LogP contribution is 2.38. The summed E-state index contributed by atoms with van der Waals surface area (Å²) in [6.07, 6.45) is 2.45. The van der Waals surface area contributed by atoms with E-state index in [0.717, 1.165) is 22.5 Å². The third-order valence-electron chi connectivity index (χ3n) is 3.17. The number of anilines is 1. The van der Waals surface area contributed by atoms with Gasteiger partial charge in [0, 0.05) is 5.54 Å². The summed E-state index contributed by atoms with van der Waals surface area (Å²) in [4.78, 5) is 9.19. The molecule has 2 aromatic rings. The lowest BCUT2D eigenvalue weighted by Crippen LogP contribution is -2.18. The number of aromatic nitrogens is 2. The molecule has 1 aromatic carbocycles. The van der Waals surface area contributed by atoms with E-state index < -0.39 is 0 Å². The fourth-order valence-electron chi connectivity index (χ4n) is 1.80. The lowest BCUT2D eigenvalue weighted by Gasteiger charge is -2.14. The molecule has 3 heteroatoms. The standard InChI is InChI=1S/C13H15N3/c1-9-12(16-13(2)7-8-13)15-11-6-4-3-5-10(11)14-9/h3-6H,7-8H2,1-2H3,(H,15,16). The highest BCUT2D eigenvalue weighted by Gasteiger charge is 2.37. The molecule has 16 heavy (non-hydrogen) atoms. The van der Waals surface area contributed by atoms with E-state index in [2.05, 4.69) is 22.2 Å². The van der Waals surface area contributed by atoms with Crippen LogP contribution in [0.5, 0.6) is 0 Å². The largest absolute Gasteiger partial charge is 0.363 e. The van der Waals surface area contributed by atoms with Crippen LogP contribution in [0, 0.1) is 6.92 Å². The van der Waals surface area contributed by atoms with Crippen LogP contribution in [-0.2, 0) is 0 Å². The van der Waals surface area contributed by atoms with Gasteiger partial charge in [0.25, 0.3) is 0 Å². The summed E-state index contributed by atoms with van der Waals surface area (Å²) < 4.78 is 0. The zero-order chi connectivity index (χ0) is 11.2. The summed E-state index contributed by atoms with van der Waals surface area (Å²) in [5.41, 5.74) is 3.15. The quantitative estimate of drug-likeness (QED) is 0.833. The Kier molecular flexibility index (Phi) is 1.90. The second kappa shape index (κ2) is 3.17. The maximum atomic E-state index is 4.63. The Labute approximate surface area is 94.9 Å². The van der Waals surface area contributed by atoms with Gasteiger partial charge in [-0.1, -0.05) is 12.1 Å². The van der Waals surface area contributed by atoms with Gasteiger partial charge < -0.3 is 5.32 Å². The first-order valence-electron chi connectivity index (χ1n) is 5.68. The average Bonchev–Trinajstić information content (AvgIpc) is 2.97. The molecule has 0 spiro atoms. The SMILES string of the molecule is Cc1nc2ccccc2nc1NC1(C)CC1. The maximum absolute atomic E-state index is 4.63. The topological polar surface area (TPSA) is 37.8 Å². The van der Waals surface area contributed by atoms with Crippen molar-refractivity contribution in [3.05, 3.63) is 30.0 Å². The van der Waals surface area contributed by atoms with Gasteiger partial charge in [-0.15, -0.1) is 0 Å². The fourth-order valence-corrected chi connectivity index (χ4v) is 1.80. The zero-order valence-electron chi connectivity index (χ0n) is 9.62. The predicted molar refractivity (Wildman–Crippen MR) is 65.5 cm³/mol. The first-order valence-corrected chi connectivity index (χ1v) is 5.68. The summed E-state index contributed by atoms with van der Waals surface area (Å²) in [5.74, 6) is 0.929. The molecule has 3 rings (SSSR count). The Bertz CT molecular complexity index is 544. The minimum Gasteiger partial charge on any atom is -0.363 e. The molecule has 1 N–H and O–H groups in total. The van der Waals surface area contributed by atoms with Gasteiger partial charge in [-0.3, -0.25) is 0 Å². The van der Waals surface area contributed by atoms with E-state index in [1.165, 1.54) is 12.8 Å². The van der Waals surface area contributed by atoms with Crippen molar-refractivity contribution in [3.63, 3.8) is 0 Å². The van der Waals surface area contributed by atoms with Crippen LogP contribution in [0.4, 0.5) is 5.82 Å². The zero-order valence-corrected chi connectivity index (χ0v) is 9.62. The van der Waals surface area contributed by atoms with Gasteiger partial charge >= 0.3 is 0 Å². The summed E-state index contributed by atoms with van der Waals surface area (Å²) in [6.45, 7) is 4.23. The number of aryl methyl sites for hydroxylation is 1. The van der Waals surface area contributed by atoms with Crippen molar-refractivity contribution < 1.29 is 0 Å². The average molecular weight is 213 g/mol. The van der Waals surface area contributed by atoms with Crippen LogP contribution in [0.25, 0.3) is 11.0 Å². The molecule has 0 unspecified atom stereocenters. The normalized spacial score (nSPS) is 17.4. The molecule has 1 fully saturated rings. The molecule has 0 aliphatic heterocycles. The Morgan fingerprint density at radius 3 is 2.38 bits per heavy atom. The third kappa shape index (κ3) is 1.62. The molecule has 1 aliphatic rings. The van der Waals surface area contributed by atoms with Gasteiger partial charge in [-0.05, 0) is 38.8 Å². The number of hydrogen-bond acceptors (Lipinski definition) is 3. The molecule has 0 saturated heterocycles. The van der Waals surface area contributed by atoms with Crippen LogP contribution in [0.15, 0.2) is 24.3 Å². The van der Waals surface area contributed by atoms with Crippen molar-refractivity contribution in [3.8, 4) is 0 Å². The van der Waals surface area contributed by atoms with E-state index in [1.54, 1.807) is 0 Å². The molecule has 0 bridgehead atoms. The number of rotatable bonds is 2. The monoisotopic (exact) mass is 213 g/mol. The Morgan fingerprint density at radius 1 is 1.12 bits per heavy atom. The van der Waals surface area contributed by atoms with Gasteiger partial charge in [0.05, 0.1) is 16.7 Å². The molecule has 82 valence electrons.